The predicted molar refractivity (Wildman–Crippen MR) is 72.4 cm³/mol. The van der Waals surface area contributed by atoms with Gasteiger partial charge in [-0.1, -0.05) is 36.7 Å². The van der Waals surface area contributed by atoms with E-state index in [-0.39, 0.29) is 0 Å². The minimum absolute atomic E-state index is 0.372. The minimum atomic E-state index is 0.372. The lowest BCUT2D eigenvalue weighted by Gasteiger charge is -2.04. The van der Waals surface area contributed by atoms with Crippen LogP contribution in [0.2, 0.25) is 5.02 Å². The van der Waals surface area contributed by atoms with Gasteiger partial charge in [-0.2, -0.15) is 5.10 Å². The topological polar surface area (TPSA) is 17.8 Å². The number of aromatic nitrogens is 2. The molecular weight excluding hydrogens is 232 g/mol. The van der Waals surface area contributed by atoms with E-state index in [0.29, 0.717) is 6.04 Å². The van der Waals surface area contributed by atoms with Crippen LogP contribution in [0.5, 0.6) is 0 Å². The van der Waals surface area contributed by atoms with Gasteiger partial charge in [-0.05, 0) is 31.9 Å². The Morgan fingerprint density at radius 3 is 2.59 bits per heavy atom. The molecule has 1 heterocycles. The highest BCUT2D eigenvalue weighted by Crippen LogP contribution is 2.29. The van der Waals surface area contributed by atoms with E-state index in [1.165, 1.54) is 5.56 Å². The summed E-state index contributed by atoms with van der Waals surface area (Å²) in [5, 5.41) is 5.40. The molecule has 0 fully saturated rings. The van der Waals surface area contributed by atoms with Crippen molar-refractivity contribution in [2.24, 2.45) is 0 Å². The van der Waals surface area contributed by atoms with Gasteiger partial charge in [0.2, 0.25) is 0 Å². The van der Waals surface area contributed by atoms with Crippen LogP contribution in [0.4, 0.5) is 0 Å². The molecule has 2 aromatic rings. The summed E-state index contributed by atoms with van der Waals surface area (Å²) in [6.45, 7) is 6.40. The largest absolute Gasteiger partial charge is 0.269 e. The van der Waals surface area contributed by atoms with Crippen molar-refractivity contribution in [2.75, 3.05) is 0 Å². The second kappa shape index (κ2) is 4.92. The van der Waals surface area contributed by atoms with E-state index in [4.69, 9.17) is 11.6 Å². The van der Waals surface area contributed by atoms with E-state index in [1.54, 1.807) is 0 Å². The first-order valence-electron chi connectivity index (χ1n) is 5.96. The molecule has 0 amide bonds. The molecule has 90 valence electrons. The molecule has 0 saturated carbocycles. The SMILES string of the molecule is CCc1cn(C(C)C)nc1-c1ccccc1Cl. The molecule has 0 bridgehead atoms. The molecule has 1 aromatic carbocycles. The fourth-order valence-electron chi connectivity index (χ4n) is 1.83. The van der Waals surface area contributed by atoms with Crippen molar-refractivity contribution in [3.8, 4) is 11.3 Å². The first-order valence-corrected chi connectivity index (χ1v) is 6.34. The number of benzene rings is 1. The molecule has 17 heavy (non-hydrogen) atoms. The standard InChI is InChI=1S/C14H17ClN2/c1-4-11-9-17(10(2)3)16-14(11)12-7-5-6-8-13(12)15/h5-10H,4H2,1-3H3. The Morgan fingerprint density at radius 2 is 2.00 bits per heavy atom. The fourth-order valence-corrected chi connectivity index (χ4v) is 2.06. The summed E-state index contributed by atoms with van der Waals surface area (Å²) in [6.07, 6.45) is 3.08. The molecule has 0 spiro atoms. The summed E-state index contributed by atoms with van der Waals surface area (Å²) in [5.74, 6) is 0. The molecule has 0 unspecified atom stereocenters. The van der Waals surface area contributed by atoms with Crippen LogP contribution in [0.1, 0.15) is 32.4 Å². The zero-order valence-corrected chi connectivity index (χ0v) is 11.2. The first-order chi connectivity index (χ1) is 8.13. The van der Waals surface area contributed by atoms with Crippen LogP contribution < -0.4 is 0 Å². The van der Waals surface area contributed by atoms with Gasteiger partial charge in [0.15, 0.2) is 0 Å². The summed E-state index contributed by atoms with van der Waals surface area (Å²) >= 11 is 6.23. The highest BCUT2D eigenvalue weighted by Gasteiger charge is 2.13. The van der Waals surface area contributed by atoms with Gasteiger partial charge in [0.05, 0.1) is 10.7 Å². The van der Waals surface area contributed by atoms with Gasteiger partial charge in [-0.15, -0.1) is 0 Å². The number of nitrogens with zero attached hydrogens (tertiary/aromatic N) is 2. The third kappa shape index (κ3) is 2.37. The van der Waals surface area contributed by atoms with Crippen molar-refractivity contribution in [3.05, 3.63) is 41.0 Å². The molecular formula is C14H17ClN2. The van der Waals surface area contributed by atoms with Gasteiger partial charge in [0.1, 0.15) is 0 Å². The Bertz CT molecular complexity index is 515. The normalized spacial score (nSPS) is 11.1. The van der Waals surface area contributed by atoms with Crippen LogP contribution in [0.25, 0.3) is 11.3 Å². The van der Waals surface area contributed by atoms with E-state index >= 15 is 0 Å². The maximum atomic E-state index is 6.23. The summed E-state index contributed by atoms with van der Waals surface area (Å²) in [4.78, 5) is 0. The van der Waals surface area contributed by atoms with Gasteiger partial charge in [0, 0.05) is 17.8 Å². The van der Waals surface area contributed by atoms with Crippen molar-refractivity contribution in [1.29, 1.82) is 0 Å². The molecule has 0 atom stereocenters. The summed E-state index contributed by atoms with van der Waals surface area (Å²) in [6, 6.07) is 8.24. The van der Waals surface area contributed by atoms with Gasteiger partial charge < -0.3 is 0 Å². The second-order valence-electron chi connectivity index (χ2n) is 4.41. The van der Waals surface area contributed by atoms with Crippen molar-refractivity contribution in [3.63, 3.8) is 0 Å². The maximum absolute atomic E-state index is 6.23. The van der Waals surface area contributed by atoms with Crippen LogP contribution in [-0.4, -0.2) is 9.78 Å². The maximum Gasteiger partial charge on any atom is 0.0970 e. The third-order valence-electron chi connectivity index (χ3n) is 2.85. The monoisotopic (exact) mass is 248 g/mol. The van der Waals surface area contributed by atoms with Crippen LogP contribution in [-0.2, 0) is 6.42 Å². The number of halogens is 1. The van der Waals surface area contributed by atoms with E-state index in [2.05, 4.69) is 32.1 Å². The molecule has 1 aromatic heterocycles. The van der Waals surface area contributed by atoms with Crippen molar-refractivity contribution >= 4 is 11.6 Å². The number of hydrogen-bond acceptors (Lipinski definition) is 1. The van der Waals surface area contributed by atoms with Crippen molar-refractivity contribution in [1.82, 2.24) is 9.78 Å². The lowest BCUT2D eigenvalue weighted by molar-refractivity contribution is 0.533. The second-order valence-corrected chi connectivity index (χ2v) is 4.82. The molecule has 2 nitrogen and oxygen atoms in total. The lowest BCUT2D eigenvalue weighted by Crippen LogP contribution is -2.00. The Hall–Kier alpha value is -1.28. The minimum Gasteiger partial charge on any atom is -0.269 e. The van der Waals surface area contributed by atoms with Gasteiger partial charge >= 0.3 is 0 Å². The van der Waals surface area contributed by atoms with Crippen LogP contribution in [0, 0.1) is 0 Å². The Morgan fingerprint density at radius 1 is 1.29 bits per heavy atom. The van der Waals surface area contributed by atoms with Gasteiger partial charge in [-0.25, -0.2) is 0 Å². The van der Waals surface area contributed by atoms with Gasteiger partial charge in [-0.3, -0.25) is 4.68 Å². The fraction of sp³-hybridized carbons (Fsp3) is 0.357. The van der Waals surface area contributed by atoms with Gasteiger partial charge in [0.25, 0.3) is 0 Å². The average molecular weight is 249 g/mol. The number of rotatable bonds is 3. The molecule has 2 rings (SSSR count). The molecule has 3 heteroatoms. The Balaban J connectivity index is 2.55. The van der Waals surface area contributed by atoms with E-state index in [0.717, 1.165) is 22.7 Å². The third-order valence-corrected chi connectivity index (χ3v) is 3.18. The Labute approximate surface area is 107 Å². The summed E-state index contributed by atoms with van der Waals surface area (Å²) < 4.78 is 2.00. The van der Waals surface area contributed by atoms with E-state index in [9.17, 15) is 0 Å². The van der Waals surface area contributed by atoms with E-state index in [1.807, 2.05) is 28.9 Å². The average Bonchev–Trinajstić information content (AvgIpc) is 2.73. The zero-order chi connectivity index (χ0) is 12.4. The molecule has 0 N–H and O–H groups in total. The lowest BCUT2D eigenvalue weighted by atomic mass is 10.1. The molecule has 0 aliphatic rings. The van der Waals surface area contributed by atoms with E-state index < -0.39 is 0 Å². The highest BCUT2D eigenvalue weighted by molar-refractivity contribution is 6.33. The summed E-state index contributed by atoms with van der Waals surface area (Å²) in [7, 11) is 0. The Kier molecular flexibility index (Phi) is 3.53. The smallest absolute Gasteiger partial charge is 0.0970 e. The quantitative estimate of drug-likeness (QED) is 0.790. The van der Waals surface area contributed by atoms with Crippen molar-refractivity contribution < 1.29 is 0 Å². The highest BCUT2D eigenvalue weighted by atomic mass is 35.5. The van der Waals surface area contributed by atoms with Crippen LogP contribution in [0.3, 0.4) is 0 Å². The van der Waals surface area contributed by atoms with Crippen LogP contribution in [0.15, 0.2) is 30.5 Å². The first kappa shape index (κ1) is 12.2. The van der Waals surface area contributed by atoms with Crippen LogP contribution >= 0.6 is 11.6 Å². The zero-order valence-electron chi connectivity index (χ0n) is 10.4. The molecule has 0 aliphatic carbocycles. The number of aryl methyl sites for hydroxylation is 1. The molecule has 0 saturated heterocycles. The van der Waals surface area contributed by atoms with Crippen molar-refractivity contribution in [2.45, 2.75) is 33.2 Å². The predicted octanol–water partition coefficient (Wildman–Crippen LogP) is 4.35. The molecule has 0 aliphatic heterocycles. The number of hydrogen-bond donors (Lipinski definition) is 0. The molecule has 0 radical (unpaired) electrons. The summed E-state index contributed by atoms with van der Waals surface area (Å²) in [5.41, 5.74) is 3.27.